The summed E-state index contributed by atoms with van der Waals surface area (Å²) in [6, 6.07) is 0. The quantitative estimate of drug-likeness (QED) is 0.414. The van der Waals surface area contributed by atoms with Gasteiger partial charge in [0.05, 0.1) is 0 Å². The first-order valence-electron chi connectivity index (χ1n) is 0.651. The van der Waals surface area contributed by atoms with Crippen LogP contribution in [0.3, 0.4) is 0 Å². The molecule has 0 rings (SSSR count). The summed E-state index contributed by atoms with van der Waals surface area (Å²) in [7, 11) is 0. The molecule has 0 bridgehead atoms. The van der Waals surface area contributed by atoms with Crippen molar-refractivity contribution in [2.75, 3.05) is 0 Å². The van der Waals surface area contributed by atoms with Crippen molar-refractivity contribution in [3.63, 3.8) is 0 Å². The number of hydrogen-bond donors (Lipinski definition) is 2. The molecule has 4 nitrogen and oxygen atoms in total. The molecular weight excluding hydrogens is 116 g/mol. The minimum atomic E-state index is -1.83. The summed E-state index contributed by atoms with van der Waals surface area (Å²) in [5.74, 6) is 0. The molecule has 6 heavy (non-hydrogen) atoms. The van der Waals surface area contributed by atoms with Crippen LogP contribution in [-0.4, -0.2) is 59.6 Å². The molecule has 0 spiro atoms. The molecule has 0 heterocycles. The van der Waals surface area contributed by atoms with Gasteiger partial charge in [0.2, 0.25) is 0 Å². The van der Waals surface area contributed by atoms with E-state index in [9.17, 15) is 0 Å². The smallest absolute Gasteiger partial charge is 1.00 e. The fraction of sp³-hybridized carbons (Fsp3) is 0. The summed E-state index contributed by atoms with van der Waals surface area (Å²) >= 11 is 0. The molecule has 0 aromatic rings. The molecule has 0 aromatic heterocycles. The first-order chi connectivity index (χ1) is 1.73. The molecule has 0 unspecified atom stereocenters. The van der Waals surface area contributed by atoms with Gasteiger partial charge in [-0.05, 0) is 0 Å². The first kappa shape index (κ1) is 16.1. The zero-order valence-corrected chi connectivity index (χ0v) is 5.22. The van der Waals surface area contributed by atoms with Crippen molar-refractivity contribution >= 4 is 43.9 Å². The Labute approximate surface area is 67.1 Å². The largest absolute Gasteiger partial charge is 2.00 e. The summed E-state index contributed by atoms with van der Waals surface area (Å²) in [5.41, 5.74) is 0. The minimum Gasteiger partial charge on any atom is -1.00 e. The van der Waals surface area contributed by atoms with Crippen molar-refractivity contribution in [3.05, 3.63) is 0 Å². The first-order valence-corrected chi connectivity index (χ1v) is 0.651. The number of hydrogen-bond acceptors (Lipinski definition) is 1. The fourth-order valence-corrected chi connectivity index (χ4v) is 0. The third-order valence-corrected chi connectivity index (χ3v) is 0. The van der Waals surface area contributed by atoms with Crippen LogP contribution in [0, 0.1) is 0 Å². The van der Waals surface area contributed by atoms with Crippen LogP contribution in [0.5, 0.6) is 0 Å². The van der Waals surface area contributed by atoms with Crippen molar-refractivity contribution in [2.24, 2.45) is 0 Å². The molecule has 0 aromatic carbocycles. The maximum absolute atomic E-state index is 8.56. The van der Waals surface area contributed by atoms with E-state index < -0.39 is 6.16 Å². The van der Waals surface area contributed by atoms with Gasteiger partial charge in [0.1, 0.15) is 0 Å². The van der Waals surface area contributed by atoms with E-state index in [0.29, 0.717) is 0 Å². The number of carboxylic acid groups (broad SMARTS) is 2. The van der Waals surface area contributed by atoms with Gasteiger partial charge in [0.25, 0.3) is 0 Å². The summed E-state index contributed by atoms with van der Waals surface area (Å²) < 4.78 is 0. The van der Waals surface area contributed by atoms with Gasteiger partial charge in [-0.15, -0.1) is 0 Å². The maximum Gasteiger partial charge on any atom is 2.00 e. The molecule has 0 saturated carbocycles. The maximum atomic E-state index is 8.56. The van der Waals surface area contributed by atoms with Gasteiger partial charge in [-0.3, -0.25) is 0 Å². The van der Waals surface area contributed by atoms with Gasteiger partial charge in [0.15, 0.2) is 0 Å². The van der Waals surface area contributed by atoms with E-state index in [1.165, 1.54) is 0 Å². The topological polar surface area (TPSA) is 89.0 Å². The van der Waals surface area contributed by atoms with Crippen LogP contribution in [0.2, 0.25) is 0 Å². The number of carbonyl (C=O) groups is 1. The summed E-state index contributed by atoms with van der Waals surface area (Å²) in [4.78, 5) is 8.56. The standard InChI is InChI=1S/CH2O3.Ca.H2O.2H/c2-1(3)4;;;;/h(H2,2,3,4);;1H2;;/q;+2;;2*-1. The molecular formula is CH6CaO4. The van der Waals surface area contributed by atoms with Gasteiger partial charge in [0, 0.05) is 0 Å². The summed E-state index contributed by atoms with van der Waals surface area (Å²) in [6.45, 7) is 0. The van der Waals surface area contributed by atoms with Gasteiger partial charge in [-0.25, -0.2) is 4.79 Å². The van der Waals surface area contributed by atoms with E-state index in [-0.39, 0.29) is 46.1 Å². The third kappa shape index (κ3) is 228. The van der Waals surface area contributed by atoms with Crippen molar-refractivity contribution in [1.29, 1.82) is 0 Å². The molecule has 36 valence electrons. The minimum absolute atomic E-state index is 0. The van der Waals surface area contributed by atoms with Crippen LogP contribution in [0.4, 0.5) is 4.79 Å². The zero-order valence-electron chi connectivity index (χ0n) is 5.01. The summed E-state index contributed by atoms with van der Waals surface area (Å²) in [6.07, 6.45) is -1.83. The Morgan fingerprint density at radius 2 is 1.50 bits per heavy atom. The second kappa shape index (κ2) is 9.09. The molecule has 0 fully saturated rings. The van der Waals surface area contributed by atoms with E-state index in [4.69, 9.17) is 15.0 Å². The van der Waals surface area contributed by atoms with Crippen LogP contribution in [-0.2, 0) is 0 Å². The monoisotopic (exact) mass is 122 g/mol. The molecule has 0 aliphatic carbocycles. The van der Waals surface area contributed by atoms with Crippen molar-refractivity contribution in [3.8, 4) is 0 Å². The van der Waals surface area contributed by atoms with E-state index >= 15 is 0 Å². The van der Waals surface area contributed by atoms with E-state index in [0.717, 1.165) is 0 Å². The van der Waals surface area contributed by atoms with Crippen molar-refractivity contribution in [1.82, 2.24) is 0 Å². The molecule has 0 saturated heterocycles. The van der Waals surface area contributed by atoms with Crippen LogP contribution in [0.1, 0.15) is 2.85 Å². The Hall–Kier alpha value is 0.490. The Morgan fingerprint density at radius 3 is 1.50 bits per heavy atom. The Kier molecular flexibility index (Phi) is 24.3. The predicted octanol–water partition coefficient (Wildman–Crippen LogP) is -0.758. The van der Waals surface area contributed by atoms with Gasteiger partial charge in [-0.2, -0.15) is 0 Å². The average Bonchev–Trinajstić information content (AvgIpc) is 0.811. The third-order valence-electron chi connectivity index (χ3n) is 0. The molecule has 0 aliphatic rings. The zero-order chi connectivity index (χ0) is 3.58. The van der Waals surface area contributed by atoms with Crippen LogP contribution >= 0.6 is 0 Å². The van der Waals surface area contributed by atoms with Crippen LogP contribution < -0.4 is 0 Å². The molecule has 0 radical (unpaired) electrons. The number of rotatable bonds is 0. The van der Waals surface area contributed by atoms with Crippen molar-refractivity contribution < 1.29 is 23.3 Å². The Balaban J connectivity index is -0.00000000750. The van der Waals surface area contributed by atoms with Gasteiger partial charge < -0.3 is 18.5 Å². The molecule has 0 amide bonds. The van der Waals surface area contributed by atoms with Gasteiger partial charge in [-0.1, -0.05) is 0 Å². The SMILES string of the molecule is O.O=C(O)O.[Ca+2].[H-].[H-]. The molecule has 5 heteroatoms. The normalized spacial score (nSPS) is 4.00. The second-order valence-corrected chi connectivity index (χ2v) is 0.283. The van der Waals surface area contributed by atoms with E-state index in [1.807, 2.05) is 0 Å². The second-order valence-electron chi connectivity index (χ2n) is 0.283. The Morgan fingerprint density at radius 1 is 1.50 bits per heavy atom. The predicted molar refractivity (Wildman–Crippen MR) is 22.2 cm³/mol. The fourth-order valence-electron chi connectivity index (χ4n) is 0. The Bertz CT molecular complexity index is 37.0. The molecule has 0 aliphatic heterocycles. The van der Waals surface area contributed by atoms with Crippen LogP contribution in [0.25, 0.3) is 0 Å². The van der Waals surface area contributed by atoms with Crippen molar-refractivity contribution in [2.45, 2.75) is 0 Å². The van der Waals surface area contributed by atoms with Gasteiger partial charge >= 0.3 is 43.9 Å². The van der Waals surface area contributed by atoms with Crippen LogP contribution in [0.15, 0.2) is 0 Å². The van der Waals surface area contributed by atoms with E-state index in [2.05, 4.69) is 0 Å². The molecule has 4 N–H and O–H groups in total. The summed E-state index contributed by atoms with van der Waals surface area (Å²) in [5, 5.41) is 13.9. The van der Waals surface area contributed by atoms with E-state index in [1.54, 1.807) is 0 Å². The average molecular weight is 122 g/mol. The molecule has 0 atom stereocenters.